The van der Waals surface area contributed by atoms with Crippen molar-refractivity contribution in [2.45, 2.75) is 6.92 Å². The van der Waals surface area contributed by atoms with Gasteiger partial charge in [-0.25, -0.2) is 9.59 Å². The van der Waals surface area contributed by atoms with Crippen molar-refractivity contribution in [1.82, 2.24) is 0 Å². The van der Waals surface area contributed by atoms with Gasteiger partial charge < -0.3 is 23.9 Å². The van der Waals surface area contributed by atoms with Gasteiger partial charge in [0.2, 0.25) is 0 Å². The maximum absolute atomic E-state index is 10.7. The molecule has 0 aliphatic rings. The molecule has 0 aliphatic carbocycles. The summed E-state index contributed by atoms with van der Waals surface area (Å²) in [5.41, 5.74) is -0.360. The molecule has 0 aromatic rings. The lowest BCUT2D eigenvalue weighted by atomic mass is 10.3. The third-order valence-corrected chi connectivity index (χ3v) is 1.35. The van der Waals surface area contributed by atoms with E-state index in [2.05, 4.69) is 4.43 Å². The van der Waals surface area contributed by atoms with E-state index < -0.39 is 21.0 Å². The van der Waals surface area contributed by atoms with Gasteiger partial charge in [0.15, 0.2) is 0 Å². The Balaban J connectivity index is 4.37. The van der Waals surface area contributed by atoms with Crippen LogP contribution in [0.25, 0.3) is 0 Å². The molecule has 0 bridgehead atoms. The van der Waals surface area contributed by atoms with Crippen LogP contribution >= 0.6 is 0 Å². The second-order valence-electron chi connectivity index (χ2n) is 2.13. The first-order valence-corrected chi connectivity index (χ1v) is 4.79. The lowest BCUT2D eigenvalue weighted by Crippen LogP contribution is -2.41. The zero-order valence-corrected chi connectivity index (χ0v) is 7.59. The van der Waals surface area contributed by atoms with Crippen LogP contribution < -0.4 is 0 Å². The Bertz CT molecular complexity index is 250. The number of carboxylic acids is 1. The molecule has 13 heavy (non-hydrogen) atoms. The van der Waals surface area contributed by atoms with Crippen molar-refractivity contribution in [2.75, 3.05) is 0 Å². The Morgan fingerprint density at radius 3 is 2.08 bits per heavy atom. The van der Waals surface area contributed by atoms with Crippen LogP contribution in [0.4, 0.5) is 0 Å². The molecular formula is C5H8O7Si. The van der Waals surface area contributed by atoms with Crippen molar-refractivity contribution >= 4 is 21.0 Å². The van der Waals surface area contributed by atoms with Crippen molar-refractivity contribution < 1.29 is 33.5 Å². The first-order chi connectivity index (χ1) is 5.72. The maximum Gasteiger partial charge on any atom is 0.743 e. The first kappa shape index (κ1) is 11.8. The number of carboxylic acid groups (broad SMARTS) is 1. The molecule has 0 atom stereocenters. The van der Waals surface area contributed by atoms with Gasteiger partial charge in [-0.05, 0) is 6.92 Å². The van der Waals surface area contributed by atoms with Gasteiger partial charge in [0.1, 0.15) is 0 Å². The quantitative estimate of drug-likeness (QED) is 0.311. The molecule has 0 aliphatic heterocycles. The molecule has 0 heterocycles. The third kappa shape index (κ3) is 5.99. The molecule has 74 valence electrons. The Hall–Kier alpha value is -1.22. The number of hydrogen-bond acceptors (Lipinski definition) is 6. The van der Waals surface area contributed by atoms with Gasteiger partial charge in [-0.3, -0.25) is 0 Å². The lowest BCUT2D eigenvalue weighted by Gasteiger charge is -2.09. The summed E-state index contributed by atoms with van der Waals surface area (Å²) >= 11 is 0. The number of hydrogen-bond donors (Lipinski definition) is 4. The number of carbonyl (C=O) groups excluding carboxylic acids is 1. The van der Waals surface area contributed by atoms with Crippen molar-refractivity contribution in [3.8, 4) is 0 Å². The normalized spacial score (nSPS) is 12.5. The Kier molecular flexibility index (Phi) is 3.75. The van der Waals surface area contributed by atoms with Gasteiger partial charge in [-0.15, -0.1) is 0 Å². The van der Waals surface area contributed by atoms with Crippen LogP contribution in [-0.2, 0) is 14.0 Å². The van der Waals surface area contributed by atoms with Crippen LogP contribution in [0.15, 0.2) is 11.6 Å². The third-order valence-electron chi connectivity index (χ3n) is 0.892. The standard InChI is InChI=1S/C5H8O7Si/c1-3(2-4(6)7)5(8)12-13(9,10)11/h2,9-11H,1H3,(H,6,7)/b3-2+. The largest absolute Gasteiger partial charge is 0.743 e. The van der Waals surface area contributed by atoms with E-state index in [9.17, 15) is 9.59 Å². The summed E-state index contributed by atoms with van der Waals surface area (Å²) in [4.78, 5) is 45.6. The fraction of sp³-hybridized carbons (Fsp3) is 0.200. The smallest absolute Gasteiger partial charge is 0.478 e. The summed E-state index contributed by atoms with van der Waals surface area (Å²) in [6.45, 7) is 1.09. The van der Waals surface area contributed by atoms with Gasteiger partial charge in [-0.1, -0.05) is 0 Å². The minimum Gasteiger partial charge on any atom is -0.478 e. The molecule has 0 amide bonds. The van der Waals surface area contributed by atoms with E-state index in [0.717, 1.165) is 6.92 Å². The minimum atomic E-state index is -4.92. The highest BCUT2D eigenvalue weighted by atomic mass is 28.4. The van der Waals surface area contributed by atoms with E-state index in [-0.39, 0.29) is 5.57 Å². The van der Waals surface area contributed by atoms with Gasteiger partial charge in [0.25, 0.3) is 0 Å². The summed E-state index contributed by atoms with van der Waals surface area (Å²) < 4.78 is 3.74. The fourth-order valence-electron chi connectivity index (χ4n) is 0.449. The minimum absolute atomic E-state index is 0.360. The van der Waals surface area contributed by atoms with Crippen molar-refractivity contribution in [2.24, 2.45) is 0 Å². The van der Waals surface area contributed by atoms with Crippen molar-refractivity contribution in [1.29, 1.82) is 0 Å². The van der Waals surface area contributed by atoms with E-state index in [1.54, 1.807) is 0 Å². The van der Waals surface area contributed by atoms with Crippen LogP contribution in [-0.4, -0.2) is 40.5 Å². The van der Waals surface area contributed by atoms with E-state index >= 15 is 0 Å². The van der Waals surface area contributed by atoms with Gasteiger partial charge in [0, 0.05) is 11.6 Å². The molecule has 0 aromatic heterocycles. The monoisotopic (exact) mass is 208 g/mol. The number of carbonyl (C=O) groups is 2. The molecule has 0 radical (unpaired) electrons. The van der Waals surface area contributed by atoms with E-state index in [4.69, 9.17) is 19.5 Å². The Labute approximate surface area is 74.0 Å². The van der Waals surface area contributed by atoms with Crippen molar-refractivity contribution in [3.63, 3.8) is 0 Å². The highest BCUT2D eigenvalue weighted by Gasteiger charge is 2.36. The molecule has 0 spiro atoms. The number of aliphatic carboxylic acids is 1. The molecule has 0 aromatic carbocycles. The molecule has 8 heteroatoms. The second kappa shape index (κ2) is 4.14. The van der Waals surface area contributed by atoms with Crippen LogP contribution in [0.3, 0.4) is 0 Å². The van der Waals surface area contributed by atoms with Gasteiger partial charge >= 0.3 is 21.0 Å². The number of rotatable bonds is 3. The molecule has 7 nitrogen and oxygen atoms in total. The Morgan fingerprint density at radius 2 is 1.77 bits per heavy atom. The molecule has 0 fully saturated rings. The highest BCUT2D eigenvalue weighted by molar-refractivity contribution is 6.51. The summed E-state index contributed by atoms with van der Waals surface area (Å²) in [5.74, 6) is -2.67. The summed E-state index contributed by atoms with van der Waals surface area (Å²) in [6.07, 6.45) is 0.516. The van der Waals surface area contributed by atoms with Crippen LogP contribution in [0.5, 0.6) is 0 Å². The first-order valence-electron chi connectivity index (χ1n) is 3.04. The molecule has 0 saturated heterocycles. The molecule has 0 saturated carbocycles. The fourth-order valence-corrected chi connectivity index (χ4v) is 0.859. The Morgan fingerprint density at radius 1 is 1.31 bits per heavy atom. The predicted molar refractivity (Wildman–Crippen MR) is 39.9 cm³/mol. The van der Waals surface area contributed by atoms with E-state index in [0.29, 0.717) is 6.08 Å². The van der Waals surface area contributed by atoms with E-state index in [1.165, 1.54) is 0 Å². The van der Waals surface area contributed by atoms with Crippen LogP contribution in [0.2, 0.25) is 0 Å². The van der Waals surface area contributed by atoms with Crippen LogP contribution in [0.1, 0.15) is 6.92 Å². The van der Waals surface area contributed by atoms with Crippen LogP contribution in [0, 0.1) is 0 Å². The molecule has 0 rings (SSSR count). The summed E-state index contributed by atoms with van der Waals surface area (Å²) in [6, 6.07) is 0. The summed E-state index contributed by atoms with van der Waals surface area (Å²) in [5, 5.41) is 8.17. The molecule has 4 N–H and O–H groups in total. The van der Waals surface area contributed by atoms with Gasteiger partial charge in [0.05, 0.1) is 0 Å². The zero-order chi connectivity index (χ0) is 10.6. The average molecular weight is 208 g/mol. The molecular weight excluding hydrogens is 200 g/mol. The SMILES string of the molecule is C/C(=C\C(=O)O)C(=O)O[Si](O)(O)O. The maximum atomic E-state index is 10.7. The summed E-state index contributed by atoms with van der Waals surface area (Å²) in [7, 11) is -4.92. The van der Waals surface area contributed by atoms with E-state index in [1.807, 2.05) is 0 Å². The highest BCUT2D eigenvalue weighted by Crippen LogP contribution is 2.00. The topological polar surface area (TPSA) is 124 Å². The average Bonchev–Trinajstić information content (AvgIpc) is 1.81. The van der Waals surface area contributed by atoms with Crippen molar-refractivity contribution in [3.05, 3.63) is 11.6 Å². The second-order valence-corrected chi connectivity index (χ2v) is 3.48. The predicted octanol–water partition coefficient (Wildman–Crippen LogP) is -2.03. The zero-order valence-electron chi connectivity index (χ0n) is 6.59. The van der Waals surface area contributed by atoms with Gasteiger partial charge in [-0.2, -0.15) is 0 Å². The lowest BCUT2D eigenvalue weighted by molar-refractivity contribution is -0.137. The molecule has 0 unspecified atom stereocenters.